The topological polar surface area (TPSA) is 79.4 Å². The Morgan fingerprint density at radius 2 is 1.80 bits per heavy atom. The zero-order chi connectivity index (χ0) is 21.3. The van der Waals surface area contributed by atoms with Crippen LogP contribution in [-0.2, 0) is 10.0 Å². The second-order valence-electron chi connectivity index (χ2n) is 7.81. The van der Waals surface area contributed by atoms with Gasteiger partial charge in [0.2, 0.25) is 10.0 Å². The molecule has 1 saturated heterocycles. The smallest absolute Gasteiger partial charge is 0.251 e. The molecule has 0 radical (unpaired) electrons. The molecule has 7 heteroatoms. The van der Waals surface area contributed by atoms with Crippen molar-refractivity contribution in [3.8, 4) is 0 Å². The van der Waals surface area contributed by atoms with Crippen LogP contribution >= 0.6 is 0 Å². The van der Waals surface area contributed by atoms with Gasteiger partial charge in [-0.2, -0.15) is 4.31 Å². The Balaban J connectivity index is 1.48. The van der Waals surface area contributed by atoms with Crippen molar-refractivity contribution in [2.45, 2.75) is 37.6 Å². The summed E-state index contributed by atoms with van der Waals surface area (Å²) in [6.45, 7) is 4.57. The van der Waals surface area contributed by atoms with Crippen LogP contribution in [0.4, 0.5) is 0 Å². The number of hydrogen-bond donors (Lipinski definition) is 1. The summed E-state index contributed by atoms with van der Waals surface area (Å²) in [6.07, 6.45) is 2.84. The van der Waals surface area contributed by atoms with Crippen molar-refractivity contribution in [1.29, 1.82) is 0 Å². The number of rotatable bonds is 4. The molecule has 2 heterocycles. The molecule has 2 aromatic carbocycles. The van der Waals surface area contributed by atoms with Crippen LogP contribution in [0.3, 0.4) is 0 Å². The molecule has 4 rings (SSSR count). The average molecular weight is 424 g/mol. The molecule has 0 saturated carbocycles. The molecule has 1 amide bonds. The van der Waals surface area contributed by atoms with Gasteiger partial charge in [-0.1, -0.05) is 30.3 Å². The maximum Gasteiger partial charge on any atom is 0.251 e. The number of hydrogen-bond acceptors (Lipinski definition) is 4. The van der Waals surface area contributed by atoms with Crippen LogP contribution in [0.1, 0.15) is 34.3 Å². The van der Waals surface area contributed by atoms with Gasteiger partial charge in [0.1, 0.15) is 4.90 Å². The first-order valence-corrected chi connectivity index (χ1v) is 11.5. The van der Waals surface area contributed by atoms with Gasteiger partial charge in [0.05, 0.1) is 5.52 Å². The number of nitrogens with zero attached hydrogens (tertiary/aromatic N) is 2. The Bertz CT molecular complexity index is 1200. The minimum absolute atomic E-state index is 0.0446. The van der Waals surface area contributed by atoms with Crippen LogP contribution in [0.15, 0.2) is 59.6 Å². The summed E-state index contributed by atoms with van der Waals surface area (Å²) in [5.41, 5.74) is 3.07. The predicted octanol–water partition coefficient (Wildman–Crippen LogP) is 3.43. The number of pyridine rings is 1. The molecule has 156 valence electrons. The minimum atomic E-state index is -3.65. The van der Waals surface area contributed by atoms with E-state index in [1.807, 2.05) is 44.2 Å². The molecular formula is C23H25N3O3S. The zero-order valence-electron chi connectivity index (χ0n) is 17.1. The lowest BCUT2D eigenvalue weighted by Gasteiger charge is -2.31. The molecule has 0 atom stereocenters. The monoisotopic (exact) mass is 423 g/mol. The van der Waals surface area contributed by atoms with E-state index in [0.29, 0.717) is 37.0 Å². The first kappa shape index (κ1) is 20.5. The number of sulfonamides is 1. The molecule has 3 aromatic rings. The number of carbonyl (C=O) groups excluding carboxylic acids is 1. The van der Waals surface area contributed by atoms with Crippen LogP contribution in [0.25, 0.3) is 10.9 Å². The van der Waals surface area contributed by atoms with Crippen molar-refractivity contribution in [2.75, 3.05) is 13.1 Å². The van der Waals surface area contributed by atoms with Crippen LogP contribution in [0.2, 0.25) is 0 Å². The number of nitrogens with one attached hydrogen (secondary N) is 1. The van der Waals surface area contributed by atoms with Crippen molar-refractivity contribution < 1.29 is 13.2 Å². The third kappa shape index (κ3) is 3.95. The van der Waals surface area contributed by atoms with E-state index in [2.05, 4.69) is 10.3 Å². The van der Waals surface area contributed by atoms with Crippen molar-refractivity contribution in [1.82, 2.24) is 14.6 Å². The highest BCUT2D eigenvalue weighted by Gasteiger charge is 2.31. The van der Waals surface area contributed by atoms with E-state index in [4.69, 9.17) is 0 Å². The molecule has 1 N–H and O–H groups in total. The molecule has 6 nitrogen and oxygen atoms in total. The second kappa shape index (κ2) is 8.16. The number of aromatic nitrogens is 1. The molecule has 1 aromatic heterocycles. The van der Waals surface area contributed by atoms with Gasteiger partial charge >= 0.3 is 0 Å². The van der Waals surface area contributed by atoms with E-state index >= 15 is 0 Å². The normalized spacial score (nSPS) is 15.9. The minimum Gasteiger partial charge on any atom is -0.349 e. The van der Waals surface area contributed by atoms with Crippen LogP contribution < -0.4 is 5.32 Å². The van der Waals surface area contributed by atoms with E-state index in [1.54, 1.807) is 24.4 Å². The van der Waals surface area contributed by atoms with Crippen molar-refractivity contribution in [2.24, 2.45) is 0 Å². The summed E-state index contributed by atoms with van der Waals surface area (Å²) in [7, 11) is -3.65. The van der Waals surface area contributed by atoms with Gasteiger partial charge in [-0.25, -0.2) is 8.42 Å². The summed E-state index contributed by atoms with van der Waals surface area (Å²) >= 11 is 0. The summed E-state index contributed by atoms with van der Waals surface area (Å²) in [5, 5.41) is 3.87. The van der Waals surface area contributed by atoms with E-state index in [0.717, 1.165) is 16.5 Å². The molecular weight excluding hydrogens is 398 g/mol. The Morgan fingerprint density at radius 1 is 1.07 bits per heavy atom. The predicted molar refractivity (Wildman–Crippen MR) is 117 cm³/mol. The lowest BCUT2D eigenvalue weighted by Crippen LogP contribution is -2.46. The number of amides is 1. The van der Waals surface area contributed by atoms with Gasteiger partial charge in [-0.05, 0) is 56.0 Å². The van der Waals surface area contributed by atoms with Gasteiger partial charge in [0.25, 0.3) is 5.91 Å². The summed E-state index contributed by atoms with van der Waals surface area (Å²) in [5.74, 6) is -0.108. The first-order valence-electron chi connectivity index (χ1n) is 10.1. The van der Waals surface area contributed by atoms with Crippen molar-refractivity contribution >= 4 is 26.8 Å². The molecule has 0 spiro atoms. The summed E-state index contributed by atoms with van der Waals surface area (Å²) in [4.78, 5) is 17.2. The molecule has 0 aliphatic carbocycles. The molecule has 1 aliphatic heterocycles. The highest BCUT2D eigenvalue weighted by Crippen LogP contribution is 2.27. The standard InChI is InChI=1S/C23H25N3O3S/c1-16-14-18-7-5-9-21(22(18)24-15-16)30(28,29)26-12-10-19(11-13-26)25-23(27)20-8-4-3-6-17(20)2/h3-9,14-15,19H,10-13H2,1-2H3,(H,25,27). The van der Waals surface area contributed by atoms with Crippen molar-refractivity contribution in [3.05, 3.63) is 71.4 Å². The van der Waals surface area contributed by atoms with Gasteiger partial charge < -0.3 is 5.32 Å². The largest absolute Gasteiger partial charge is 0.349 e. The summed E-state index contributed by atoms with van der Waals surface area (Å²) < 4.78 is 28.1. The fourth-order valence-electron chi connectivity index (χ4n) is 3.92. The SMILES string of the molecule is Cc1cnc2c(S(=O)(=O)N3CCC(NC(=O)c4ccccc4C)CC3)cccc2c1. The third-order valence-electron chi connectivity index (χ3n) is 5.61. The van der Waals surface area contributed by atoms with Crippen LogP contribution in [0.5, 0.6) is 0 Å². The number of benzene rings is 2. The zero-order valence-corrected chi connectivity index (χ0v) is 17.9. The molecule has 1 aliphatic rings. The molecule has 0 bridgehead atoms. The molecule has 0 unspecified atom stereocenters. The number of aryl methyl sites for hydroxylation is 2. The third-order valence-corrected chi connectivity index (χ3v) is 7.54. The highest BCUT2D eigenvalue weighted by molar-refractivity contribution is 7.89. The number of fused-ring (bicyclic) bond motifs is 1. The van der Waals surface area contributed by atoms with E-state index in [-0.39, 0.29) is 16.8 Å². The average Bonchev–Trinajstić information content (AvgIpc) is 2.73. The maximum absolute atomic E-state index is 13.3. The summed E-state index contributed by atoms with van der Waals surface area (Å²) in [6, 6.07) is 14.6. The van der Waals surface area contributed by atoms with Gasteiger partial charge in [-0.3, -0.25) is 9.78 Å². The first-order chi connectivity index (χ1) is 14.4. The fraction of sp³-hybridized carbons (Fsp3) is 0.304. The van der Waals surface area contributed by atoms with E-state index < -0.39 is 10.0 Å². The Hall–Kier alpha value is -2.77. The fourth-order valence-corrected chi connectivity index (χ4v) is 5.56. The molecule has 30 heavy (non-hydrogen) atoms. The Labute approximate surface area is 177 Å². The van der Waals surface area contributed by atoms with Gasteiger partial charge in [-0.15, -0.1) is 0 Å². The quantitative estimate of drug-likeness (QED) is 0.697. The number of piperidine rings is 1. The molecule has 1 fully saturated rings. The van der Waals surface area contributed by atoms with E-state index in [9.17, 15) is 13.2 Å². The highest BCUT2D eigenvalue weighted by atomic mass is 32.2. The second-order valence-corrected chi connectivity index (χ2v) is 9.71. The van der Waals surface area contributed by atoms with Gasteiger partial charge in [0.15, 0.2) is 0 Å². The number of para-hydroxylation sites is 1. The van der Waals surface area contributed by atoms with Crippen molar-refractivity contribution in [3.63, 3.8) is 0 Å². The number of carbonyl (C=O) groups is 1. The lowest BCUT2D eigenvalue weighted by molar-refractivity contribution is 0.0923. The maximum atomic E-state index is 13.3. The van der Waals surface area contributed by atoms with Crippen LogP contribution in [0, 0.1) is 13.8 Å². The van der Waals surface area contributed by atoms with E-state index in [1.165, 1.54) is 4.31 Å². The Morgan fingerprint density at radius 3 is 2.53 bits per heavy atom. The Kier molecular flexibility index (Phi) is 5.58. The van der Waals surface area contributed by atoms with Gasteiger partial charge in [0, 0.05) is 36.3 Å². The van der Waals surface area contributed by atoms with Crippen LogP contribution in [-0.4, -0.2) is 42.7 Å². The lowest BCUT2D eigenvalue weighted by atomic mass is 10.0.